The number of hydrogen-bond acceptors (Lipinski definition) is 7. The van der Waals surface area contributed by atoms with Crippen LogP contribution in [0.4, 0.5) is 11.4 Å². The first kappa shape index (κ1) is 19.7. The molecule has 1 amide bonds. The number of likely N-dealkylation sites (tertiary alicyclic amines) is 1. The fraction of sp³-hybridized carbons (Fsp3) is 0.353. The van der Waals surface area contributed by atoms with Crippen molar-refractivity contribution in [1.29, 1.82) is 5.26 Å². The number of carbonyl (C=O) groups excluding carboxylic acids is 1. The number of carbonyl (C=O) groups is 2. The lowest BCUT2D eigenvalue weighted by Crippen LogP contribution is -2.33. The standard InChI is InChI=1S/C17H18N4O6/c1-27-15-8-13(21(25)26)2-3-14(15)19-16(22)12(9-18)10-20-6-4-11(5-7-20)17(23)24/h2-3,8,10-11H,4-7H2,1H3,(H,19,22)(H,23,24)/b12-10-. The van der Waals surface area contributed by atoms with Crippen LogP contribution in [0.3, 0.4) is 0 Å². The molecule has 27 heavy (non-hydrogen) atoms. The maximum atomic E-state index is 12.4. The van der Waals surface area contributed by atoms with E-state index < -0.39 is 22.7 Å². The Kier molecular flexibility index (Phi) is 6.32. The summed E-state index contributed by atoms with van der Waals surface area (Å²) in [6, 6.07) is 5.52. The third-order valence-electron chi connectivity index (χ3n) is 4.20. The number of nitro benzene ring substituents is 1. The summed E-state index contributed by atoms with van der Waals surface area (Å²) in [4.78, 5) is 35.3. The number of non-ortho nitro benzene ring substituents is 1. The molecule has 1 heterocycles. The van der Waals surface area contributed by atoms with Crippen LogP contribution in [0.5, 0.6) is 5.75 Å². The molecule has 0 saturated carbocycles. The smallest absolute Gasteiger partial charge is 0.306 e. The highest BCUT2D eigenvalue weighted by Crippen LogP contribution is 2.29. The second kappa shape index (κ2) is 8.66. The normalized spacial score (nSPS) is 15.0. The molecule has 1 saturated heterocycles. The number of benzene rings is 1. The highest BCUT2D eigenvalue weighted by atomic mass is 16.6. The number of nitro groups is 1. The topological polar surface area (TPSA) is 146 Å². The Labute approximate surface area is 154 Å². The van der Waals surface area contributed by atoms with Gasteiger partial charge in [-0.2, -0.15) is 5.26 Å². The maximum Gasteiger partial charge on any atom is 0.306 e. The summed E-state index contributed by atoms with van der Waals surface area (Å²) in [7, 11) is 1.31. The fourth-order valence-corrected chi connectivity index (χ4v) is 2.68. The number of hydrogen-bond donors (Lipinski definition) is 2. The average Bonchev–Trinajstić information content (AvgIpc) is 2.66. The Bertz CT molecular complexity index is 821. The van der Waals surface area contributed by atoms with Crippen molar-refractivity contribution in [3.8, 4) is 11.8 Å². The Morgan fingerprint density at radius 2 is 2.11 bits per heavy atom. The van der Waals surface area contributed by atoms with Gasteiger partial charge in [0.15, 0.2) is 0 Å². The lowest BCUT2D eigenvalue weighted by molar-refractivity contribution is -0.384. The maximum absolute atomic E-state index is 12.4. The van der Waals surface area contributed by atoms with Gasteiger partial charge in [0.25, 0.3) is 11.6 Å². The van der Waals surface area contributed by atoms with E-state index in [2.05, 4.69) is 5.32 Å². The van der Waals surface area contributed by atoms with Gasteiger partial charge in [0.2, 0.25) is 0 Å². The number of aliphatic carboxylic acids is 1. The van der Waals surface area contributed by atoms with Gasteiger partial charge in [-0.05, 0) is 18.9 Å². The zero-order valence-electron chi connectivity index (χ0n) is 14.5. The van der Waals surface area contributed by atoms with Gasteiger partial charge in [0.1, 0.15) is 17.4 Å². The number of nitrogens with zero attached hydrogens (tertiary/aromatic N) is 3. The minimum absolute atomic E-state index is 0.0945. The van der Waals surface area contributed by atoms with Gasteiger partial charge in [0.05, 0.1) is 29.7 Å². The van der Waals surface area contributed by atoms with E-state index >= 15 is 0 Å². The number of piperidine rings is 1. The third-order valence-corrected chi connectivity index (χ3v) is 4.20. The van der Waals surface area contributed by atoms with E-state index in [0.29, 0.717) is 25.9 Å². The van der Waals surface area contributed by atoms with E-state index in [1.165, 1.54) is 31.5 Å². The first-order valence-corrected chi connectivity index (χ1v) is 8.08. The average molecular weight is 374 g/mol. The SMILES string of the molecule is COc1cc([N+](=O)[O-])ccc1NC(=O)/C(C#N)=C\N1CCC(C(=O)O)CC1. The minimum atomic E-state index is -0.845. The van der Waals surface area contributed by atoms with Crippen molar-refractivity contribution >= 4 is 23.3 Å². The van der Waals surface area contributed by atoms with Crippen molar-refractivity contribution < 1.29 is 24.4 Å². The summed E-state index contributed by atoms with van der Waals surface area (Å²) in [6.45, 7) is 0.854. The number of carboxylic acid groups (broad SMARTS) is 1. The highest BCUT2D eigenvalue weighted by molar-refractivity contribution is 6.07. The molecule has 10 heteroatoms. The number of ether oxygens (including phenoxy) is 1. The predicted molar refractivity (Wildman–Crippen MR) is 93.9 cm³/mol. The molecular weight excluding hydrogens is 356 g/mol. The highest BCUT2D eigenvalue weighted by Gasteiger charge is 2.24. The largest absolute Gasteiger partial charge is 0.494 e. The molecule has 0 unspecified atom stereocenters. The Hall–Kier alpha value is -3.61. The number of nitrogens with one attached hydrogen (secondary N) is 1. The quantitative estimate of drug-likeness (QED) is 0.331. The predicted octanol–water partition coefficient (Wildman–Crippen LogP) is 1.75. The van der Waals surface area contributed by atoms with Gasteiger partial charge in [-0.1, -0.05) is 0 Å². The van der Waals surface area contributed by atoms with Crippen LogP contribution in [-0.4, -0.2) is 47.0 Å². The molecule has 142 valence electrons. The van der Waals surface area contributed by atoms with E-state index in [-0.39, 0.29) is 22.7 Å². The molecule has 1 aromatic rings. The molecule has 0 spiro atoms. The molecule has 2 N–H and O–H groups in total. The molecule has 1 aliphatic heterocycles. The second-order valence-corrected chi connectivity index (χ2v) is 5.90. The molecule has 2 rings (SSSR count). The zero-order valence-corrected chi connectivity index (χ0v) is 14.5. The summed E-state index contributed by atoms with van der Waals surface area (Å²) in [5.74, 6) is -1.86. The second-order valence-electron chi connectivity index (χ2n) is 5.90. The number of amides is 1. The Balaban J connectivity index is 2.10. The number of carboxylic acids is 1. The molecular formula is C17H18N4O6. The van der Waals surface area contributed by atoms with Crippen LogP contribution in [0.25, 0.3) is 0 Å². The van der Waals surface area contributed by atoms with Crippen molar-refractivity contribution in [2.24, 2.45) is 5.92 Å². The summed E-state index contributed by atoms with van der Waals surface area (Å²) in [5, 5.41) is 31.6. The summed E-state index contributed by atoms with van der Waals surface area (Å²) in [5.41, 5.74) is -0.162. The lowest BCUT2D eigenvalue weighted by atomic mass is 9.97. The van der Waals surface area contributed by atoms with Crippen molar-refractivity contribution in [2.75, 3.05) is 25.5 Å². The van der Waals surface area contributed by atoms with Crippen LogP contribution in [-0.2, 0) is 9.59 Å². The fourth-order valence-electron chi connectivity index (χ4n) is 2.68. The van der Waals surface area contributed by atoms with Crippen LogP contribution >= 0.6 is 0 Å². The van der Waals surface area contributed by atoms with Crippen molar-refractivity contribution in [1.82, 2.24) is 4.90 Å². The van der Waals surface area contributed by atoms with Gasteiger partial charge in [-0.3, -0.25) is 19.7 Å². The monoisotopic (exact) mass is 374 g/mol. The van der Waals surface area contributed by atoms with E-state index in [9.17, 15) is 25.0 Å². The molecule has 10 nitrogen and oxygen atoms in total. The van der Waals surface area contributed by atoms with Crippen molar-refractivity contribution in [3.63, 3.8) is 0 Å². The van der Waals surface area contributed by atoms with Crippen LogP contribution < -0.4 is 10.1 Å². The minimum Gasteiger partial charge on any atom is -0.494 e. The molecule has 0 bridgehead atoms. The van der Waals surface area contributed by atoms with Gasteiger partial charge in [-0.25, -0.2) is 0 Å². The number of nitriles is 1. The van der Waals surface area contributed by atoms with E-state index in [1.54, 1.807) is 4.90 Å². The van der Waals surface area contributed by atoms with Gasteiger partial charge in [0, 0.05) is 25.4 Å². The molecule has 0 aliphatic carbocycles. The number of rotatable bonds is 6. The van der Waals surface area contributed by atoms with Gasteiger partial charge >= 0.3 is 5.97 Å². The van der Waals surface area contributed by atoms with Crippen LogP contribution in [0, 0.1) is 27.4 Å². The Morgan fingerprint density at radius 3 is 2.63 bits per heavy atom. The Morgan fingerprint density at radius 1 is 1.44 bits per heavy atom. The van der Waals surface area contributed by atoms with Crippen LogP contribution in [0.2, 0.25) is 0 Å². The van der Waals surface area contributed by atoms with Crippen molar-refractivity contribution in [2.45, 2.75) is 12.8 Å². The number of methoxy groups -OCH3 is 1. The van der Waals surface area contributed by atoms with Gasteiger partial charge in [-0.15, -0.1) is 0 Å². The molecule has 1 aromatic carbocycles. The van der Waals surface area contributed by atoms with E-state index in [1.807, 2.05) is 6.07 Å². The first-order valence-electron chi connectivity index (χ1n) is 8.08. The third kappa shape index (κ3) is 4.94. The summed E-state index contributed by atoms with van der Waals surface area (Å²) < 4.78 is 5.05. The van der Waals surface area contributed by atoms with E-state index in [4.69, 9.17) is 9.84 Å². The van der Waals surface area contributed by atoms with Gasteiger partial charge < -0.3 is 20.1 Å². The zero-order chi connectivity index (χ0) is 20.0. The summed E-state index contributed by atoms with van der Waals surface area (Å²) >= 11 is 0. The molecule has 1 aliphatic rings. The first-order chi connectivity index (χ1) is 12.8. The van der Waals surface area contributed by atoms with Crippen LogP contribution in [0.1, 0.15) is 12.8 Å². The molecule has 1 fully saturated rings. The van der Waals surface area contributed by atoms with E-state index in [0.717, 1.165) is 0 Å². The summed E-state index contributed by atoms with van der Waals surface area (Å²) in [6.07, 6.45) is 2.26. The lowest BCUT2D eigenvalue weighted by Gasteiger charge is -2.29. The van der Waals surface area contributed by atoms with Crippen LogP contribution in [0.15, 0.2) is 30.0 Å². The molecule has 0 atom stereocenters. The molecule has 0 aromatic heterocycles. The van der Waals surface area contributed by atoms with Crippen molar-refractivity contribution in [3.05, 3.63) is 40.1 Å². The number of anilines is 1. The molecule has 0 radical (unpaired) electrons.